The van der Waals surface area contributed by atoms with Crippen molar-refractivity contribution in [2.75, 3.05) is 0 Å². The SMILES string of the molecule is CCC(C)(c1ccc(Oc2ccc(C(=O)c3ccc(Oc4ccc(C(C)(C)C(C)(C)C)cc4)cc3)cc2)cc1)C(C)(C)C. The van der Waals surface area contributed by atoms with Crippen LogP contribution >= 0.6 is 0 Å². The molecule has 0 radical (unpaired) electrons. The zero-order chi connectivity index (χ0) is 31.6. The molecule has 43 heavy (non-hydrogen) atoms. The maximum atomic E-state index is 13.2. The zero-order valence-electron chi connectivity index (χ0n) is 27.7. The summed E-state index contributed by atoms with van der Waals surface area (Å²) in [6.07, 6.45) is 1.06. The van der Waals surface area contributed by atoms with E-state index in [1.165, 1.54) is 11.1 Å². The topological polar surface area (TPSA) is 35.5 Å². The van der Waals surface area contributed by atoms with Gasteiger partial charge < -0.3 is 9.47 Å². The Bertz CT molecular complexity index is 1510. The average Bonchev–Trinajstić information content (AvgIpc) is 2.97. The maximum Gasteiger partial charge on any atom is 0.193 e. The second-order valence-corrected chi connectivity index (χ2v) is 14.4. The van der Waals surface area contributed by atoms with Gasteiger partial charge in [-0.05, 0) is 112 Å². The van der Waals surface area contributed by atoms with Gasteiger partial charge in [0.2, 0.25) is 0 Å². The fourth-order valence-electron chi connectivity index (χ4n) is 5.22. The van der Waals surface area contributed by atoms with Crippen LogP contribution in [0.25, 0.3) is 0 Å². The molecule has 0 heterocycles. The van der Waals surface area contributed by atoms with E-state index in [9.17, 15) is 4.79 Å². The summed E-state index contributed by atoms with van der Waals surface area (Å²) in [5.74, 6) is 2.89. The first-order valence-corrected chi connectivity index (χ1v) is 15.4. The standard InChI is InChI=1S/C40H48O3/c1-11-40(10,38(5,6)7)31-18-26-35(27-19-31)43-33-22-14-29(15-23-33)36(41)28-12-20-32(21-13-28)42-34-24-16-30(17-25-34)39(8,9)37(2,3)4/h12-27H,11H2,1-10H3. The van der Waals surface area contributed by atoms with Crippen LogP contribution in [0.5, 0.6) is 23.0 Å². The summed E-state index contributed by atoms with van der Waals surface area (Å²) >= 11 is 0. The highest BCUT2D eigenvalue weighted by molar-refractivity contribution is 6.09. The molecular formula is C40H48O3. The summed E-state index contributed by atoms with van der Waals surface area (Å²) in [7, 11) is 0. The third-order valence-electron chi connectivity index (χ3n) is 10.0. The largest absolute Gasteiger partial charge is 0.457 e. The van der Waals surface area contributed by atoms with Crippen molar-refractivity contribution in [1.82, 2.24) is 0 Å². The molecule has 1 unspecified atom stereocenters. The number of hydrogen-bond donors (Lipinski definition) is 0. The first-order valence-electron chi connectivity index (χ1n) is 15.4. The van der Waals surface area contributed by atoms with Crippen LogP contribution in [-0.2, 0) is 10.8 Å². The van der Waals surface area contributed by atoms with Crippen molar-refractivity contribution in [3.05, 3.63) is 119 Å². The lowest BCUT2D eigenvalue weighted by molar-refractivity contribution is 0.103. The molecule has 0 aromatic heterocycles. The van der Waals surface area contributed by atoms with Gasteiger partial charge in [0.25, 0.3) is 0 Å². The lowest BCUT2D eigenvalue weighted by Gasteiger charge is -2.42. The van der Waals surface area contributed by atoms with E-state index in [4.69, 9.17) is 9.47 Å². The molecular weight excluding hydrogens is 528 g/mol. The first kappa shape index (κ1) is 32.1. The average molecular weight is 577 g/mol. The minimum atomic E-state index is -0.0442. The van der Waals surface area contributed by atoms with Crippen molar-refractivity contribution in [3.8, 4) is 23.0 Å². The van der Waals surface area contributed by atoms with Crippen LogP contribution in [0.2, 0.25) is 0 Å². The van der Waals surface area contributed by atoms with Gasteiger partial charge >= 0.3 is 0 Å². The molecule has 0 bridgehead atoms. The minimum absolute atomic E-state index is 0.0342. The van der Waals surface area contributed by atoms with Crippen molar-refractivity contribution < 1.29 is 14.3 Å². The van der Waals surface area contributed by atoms with Crippen molar-refractivity contribution in [2.24, 2.45) is 10.8 Å². The van der Waals surface area contributed by atoms with Crippen LogP contribution in [0, 0.1) is 10.8 Å². The molecule has 0 spiro atoms. The summed E-state index contributed by atoms with van der Waals surface area (Å²) < 4.78 is 12.2. The number of carbonyl (C=O) groups is 1. The Kier molecular flexibility index (Phi) is 8.97. The normalized spacial score (nSPS) is 13.7. The molecule has 1 atom stereocenters. The van der Waals surface area contributed by atoms with Crippen LogP contribution in [-0.4, -0.2) is 5.78 Å². The lowest BCUT2D eigenvalue weighted by Crippen LogP contribution is -2.36. The van der Waals surface area contributed by atoms with E-state index in [-0.39, 0.29) is 27.4 Å². The highest BCUT2D eigenvalue weighted by Gasteiger charge is 2.37. The Labute approximate surface area is 259 Å². The van der Waals surface area contributed by atoms with Crippen LogP contribution < -0.4 is 9.47 Å². The Morgan fingerprint density at radius 1 is 0.488 bits per heavy atom. The molecule has 4 aromatic carbocycles. The highest BCUT2D eigenvalue weighted by atomic mass is 16.5. The zero-order valence-corrected chi connectivity index (χ0v) is 27.7. The van der Waals surface area contributed by atoms with Crippen molar-refractivity contribution in [3.63, 3.8) is 0 Å². The van der Waals surface area contributed by atoms with E-state index in [1.807, 2.05) is 72.8 Å². The van der Waals surface area contributed by atoms with Gasteiger partial charge in [0, 0.05) is 11.1 Å². The molecule has 4 aromatic rings. The second kappa shape index (κ2) is 12.0. The van der Waals surface area contributed by atoms with E-state index < -0.39 is 0 Å². The molecule has 0 saturated carbocycles. The van der Waals surface area contributed by atoms with Gasteiger partial charge in [-0.2, -0.15) is 0 Å². The van der Waals surface area contributed by atoms with E-state index in [0.29, 0.717) is 22.6 Å². The Hall–Kier alpha value is -3.85. The first-order chi connectivity index (χ1) is 20.0. The summed E-state index contributed by atoms with van der Waals surface area (Å²) in [5, 5.41) is 0. The third-order valence-corrected chi connectivity index (χ3v) is 10.0. The molecule has 226 valence electrons. The fraction of sp³-hybridized carbons (Fsp3) is 0.375. The number of ketones is 1. The molecule has 0 fully saturated rings. The molecule has 0 aliphatic carbocycles. The molecule has 0 N–H and O–H groups in total. The third kappa shape index (κ3) is 6.88. The second-order valence-electron chi connectivity index (χ2n) is 14.4. The van der Waals surface area contributed by atoms with Crippen molar-refractivity contribution >= 4 is 5.78 Å². The lowest BCUT2D eigenvalue weighted by atomic mass is 9.62. The van der Waals surface area contributed by atoms with Crippen LogP contribution in [0.15, 0.2) is 97.1 Å². The molecule has 0 saturated heterocycles. The van der Waals surface area contributed by atoms with E-state index in [0.717, 1.165) is 17.9 Å². The number of rotatable bonds is 9. The molecule has 3 heteroatoms. The molecule has 0 aliphatic rings. The molecule has 3 nitrogen and oxygen atoms in total. The Morgan fingerprint density at radius 3 is 1.12 bits per heavy atom. The van der Waals surface area contributed by atoms with Gasteiger partial charge in [-0.15, -0.1) is 0 Å². The predicted molar refractivity (Wildman–Crippen MR) is 179 cm³/mol. The quantitative estimate of drug-likeness (QED) is 0.186. The number of hydrogen-bond acceptors (Lipinski definition) is 3. The summed E-state index contributed by atoms with van der Waals surface area (Å²) in [4.78, 5) is 13.2. The van der Waals surface area contributed by atoms with Crippen LogP contribution in [0.3, 0.4) is 0 Å². The molecule has 0 amide bonds. The van der Waals surface area contributed by atoms with E-state index in [1.54, 1.807) is 0 Å². The highest BCUT2D eigenvalue weighted by Crippen LogP contribution is 2.44. The van der Waals surface area contributed by atoms with Crippen LogP contribution in [0.4, 0.5) is 0 Å². The predicted octanol–water partition coefficient (Wildman–Crippen LogP) is 11.5. The monoisotopic (exact) mass is 576 g/mol. The van der Waals surface area contributed by atoms with Gasteiger partial charge in [-0.1, -0.05) is 93.5 Å². The number of benzene rings is 4. The van der Waals surface area contributed by atoms with Crippen LogP contribution in [0.1, 0.15) is 103 Å². The fourth-order valence-corrected chi connectivity index (χ4v) is 5.22. The van der Waals surface area contributed by atoms with E-state index in [2.05, 4.69) is 93.5 Å². The molecule has 0 aliphatic heterocycles. The Balaban J connectivity index is 1.38. The van der Waals surface area contributed by atoms with Crippen molar-refractivity contribution in [1.29, 1.82) is 0 Å². The van der Waals surface area contributed by atoms with Gasteiger partial charge in [0.15, 0.2) is 5.78 Å². The molecule has 4 rings (SSSR count). The van der Waals surface area contributed by atoms with Gasteiger partial charge in [-0.25, -0.2) is 0 Å². The summed E-state index contributed by atoms with van der Waals surface area (Å²) in [6, 6.07) is 31.3. The number of ether oxygens (including phenoxy) is 2. The minimum Gasteiger partial charge on any atom is -0.457 e. The summed E-state index contributed by atoms with van der Waals surface area (Å²) in [6.45, 7) is 22.8. The van der Waals surface area contributed by atoms with E-state index >= 15 is 0 Å². The maximum absolute atomic E-state index is 13.2. The smallest absolute Gasteiger partial charge is 0.193 e. The summed E-state index contributed by atoms with van der Waals surface area (Å²) in [5.41, 5.74) is 4.20. The Morgan fingerprint density at radius 2 is 0.814 bits per heavy atom. The van der Waals surface area contributed by atoms with Gasteiger partial charge in [-0.3, -0.25) is 4.79 Å². The number of carbonyl (C=O) groups excluding carboxylic acids is 1. The van der Waals surface area contributed by atoms with Crippen molar-refractivity contribution in [2.45, 2.75) is 86.5 Å². The van der Waals surface area contributed by atoms with Gasteiger partial charge in [0.1, 0.15) is 23.0 Å². The van der Waals surface area contributed by atoms with Gasteiger partial charge in [0.05, 0.1) is 0 Å².